The molecule has 26 heavy (non-hydrogen) atoms. The minimum Gasteiger partial charge on any atom is -0.436 e. The van der Waals surface area contributed by atoms with E-state index in [1.807, 2.05) is 30.3 Å². The Labute approximate surface area is 154 Å². The highest BCUT2D eigenvalue weighted by atomic mass is 16.3. The van der Waals surface area contributed by atoms with Crippen LogP contribution < -0.4 is 5.32 Å². The number of rotatable bonds is 7. The van der Waals surface area contributed by atoms with Crippen molar-refractivity contribution < 1.29 is 9.21 Å². The summed E-state index contributed by atoms with van der Waals surface area (Å²) >= 11 is 0. The molecule has 3 aromatic rings. The Hall–Kier alpha value is -2.62. The van der Waals surface area contributed by atoms with E-state index in [-0.39, 0.29) is 5.91 Å². The molecule has 0 bridgehead atoms. The van der Waals surface area contributed by atoms with E-state index in [2.05, 4.69) is 37.1 Å². The molecule has 0 saturated heterocycles. The van der Waals surface area contributed by atoms with E-state index in [9.17, 15) is 4.79 Å². The van der Waals surface area contributed by atoms with Crippen molar-refractivity contribution in [3.8, 4) is 11.5 Å². The average molecular weight is 350 g/mol. The second-order valence-electron chi connectivity index (χ2n) is 6.85. The second kappa shape index (κ2) is 8.17. The lowest BCUT2D eigenvalue weighted by atomic mass is 10.1. The monoisotopic (exact) mass is 350 g/mol. The van der Waals surface area contributed by atoms with Crippen LogP contribution in [0, 0.1) is 13.8 Å². The maximum atomic E-state index is 11.8. The van der Waals surface area contributed by atoms with Gasteiger partial charge in [0.25, 0.3) is 0 Å². The van der Waals surface area contributed by atoms with Gasteiger partial charge in [-0.2, -0.15) is 0 Å². The predicted octanol–water partition coefficient (Wildman–Crippen LogP) is 5.31. The molecule has 1 heterocycles. The first-order valence-corrected chi connectivity index (χ1v) is 9.30. The number of nitrogens with one attached hydrogen (secondary N) is 1. The number of oxazole rings is 1. The molecule has 136 valence electrons. The number of amides is 1. The van der Waals surface area contributed by atoms with Crippen LogP contribution in [-0.2, 0) is 11.3 Å². The topological polar surface area (TPSA) is 55.1 Å². The quantitative estimate of drug-likeness (QED) is 0.588. The Morgan fingerprint density at radius 3 is 2.54 bits per heavy atom. The Kier molecular flexibility index (Phi) is 5.71. The van der Waals surface area contributed by atoms with Crippen molar-refractivity contribution in [3.05, 3.63) is 53.1 Å². The number of hydrogen-bond donors (Lipinski definition) is 1. The molecule has 0 fully saturated rings. The van der Waals surface area contributed by atoms with Gasteiger partial charge in [0.1, 0.15) is 5.52 Å². The third kappa shape index (κ3) is 4.31. The molecule has 0 aliphatic carbocycles. The van der Waals surface area contributed by atoms with Crippen LogP contribution in [0.4, 0.5) is 0 Å². The average Bonchev–Trinajstić information content (AvgIpc) is 3.04. The smallest absolute Gasteiger partial charge is 0.227 e. The summed E-state index contributed by atoms with van der Waals surface area (Å²) < 4.78 is 5.90. The fourth-order valence-electron chi connectivity index (χ4n) is 2.89. The minimum atomic E-state index is 0.118. The molecule has 0 aliphatic heterocycles. The SMILES string of the molecule is CCCCCC(=O)NCc1ccc(-c2nc3cc(C)c(C)cc3o2)cc1. The zero-order valence-electron chi connectivity index (χ0n) is 15.8. The molecule has 0 radical (unpaired) electrons. The highest BCUT2D eigenvalue weighted by molar-refractivity contribution is 5.78. The molecule has 0 saturated carbocycles. The van der Waals surface area contributed by atoms with Gasteiger partial charge in [0, 0.05) is 18.5 Å². The van der Waals surface area contributed by atoms with Gasteiger partial charge in [0.15, 0.2) is 5.58 Å². The fourth-order valence-corrected chi connectivity index (χ4v) is 2.89. The van der Waals surface area contributed by atoms with E-state index < -0.39 is 0 Å². The van der Waals surface area contributed by atoms with Gasteiger partial charge in [0.05, 0.1) is 0 Å². The summed E-state index contributed by atoms with van der Waals surface area (Å²) in [6.45, 7) is 6.84. The highest BCUT2D eigenvalue weighted by Crippen LogP contribution is 2.26. The van der Waals surface area contributed by atoms with Crippen molar-refractivity contribution in [2.75, 3.05) is 0 Å². The van der Waals surface area contributed by atoms with Crippen molar-refractivity contribution in [1.29, 1.82) is 0 Å². The van der Waals surface area contributed by atoms with E-state index in [4.69, 9.17) is 4.42 Å². The number of aryl methyl sites for hydroxylation is 2. The zero-order chi connectivity index (χ0) is 18.5. The summed E-state index contributed by atoms with van der Waals surface area (Å²) in [5.74, 6) is 0.743. The molecular formula is C22H26N2O2. The fraction of sp³-hybridized carbons (Fsp3) is 0.364. The van der Waals surface area contributed by atoms with Gasteiger partial charge in [-0.15, -0.1) is 0 Å². The molecule has 4 heteroatoms. The number of benzene rings is 2. The zero-order valence-corrected chi connectivity index (χ0v) is 15.8. The van der Waals surface area contributed by atoms with E-state index in [0.29, 0.717) is 18.9 Å². The third-order valence-corrected chi connectivity index (χ3v) is 4.70. The maximum absolute atomic E-state index is 11.8. The number of fused-ring (bicyclic) bond motifs is 1. The first kappa shape index (κ1) is 18.2. The summed E-state index contributed by atoms with van der Waals surface area (Å²) in [5, 5.41) is 2.97. The molecule has 0 aliphatic rings. The molecule has 1 aromatic heterocycles. The van der Waals surface area contributed by atoms with Crippen LogP contribution in [0.15, 0.2) is 40.8 Å². The van der Waals surface area contributed by atoms with E-state index in [1.54, 1.807) is 0 Å². The summed E-state index contributed by atoms with van der Waals surface area (Å²) in [6, 6.07) is 12.1. The largest absolute Gasteiger partial charge is 0.436 e. The van der Waals surface area contributed by atoms with E-state index in [0.717, 1.165) is 41.5 Å². The predicted molar refractivity (Wildman–Crippen MR) is 105 cm³/mol. The van der Waals surface area contributed by atoms with Crippen molar-refractivity contribution in [3.63, 3.8) is 0 Å². The van der Waals surface area contributed by atoms with Crippen molar-refractivity contribution >= 4 is 17.0 Å². The summed E-state index contributed by atoms with van der Waals surface area (Å²) in [7, 11) is 0. The van der Waals surface area contributed by atoms with Gasteiger partial charge in [-0.1, -0.05) is 31.9 Å². The van der Waals surface area contributed by atoms with Gasteiger partial charge in [-0.25, -0.2) is 4.98 Å². The van der Waals surface area contributed by atoms with Gasteiger partial charge >= 0.3 is 0 Å². The van der Waals surface area contributed by atoms with Crippen LogP contribution in [0.1, 0.15) is 49.3 Å². The minimum absolute atomic E-state index is 0.118. The van der Waals surface area contributed by atoms with Crippen LogP contribution in [0.3, 0.4) is 0 Å². The number of unbranched alkanes of at least 4 members (excludes halogenated alkanes) is 2. The highest BCUT2D eigenvalue weighted by Gasteiger charge is 2.10. The van der Waals surface area contributed by atoms with E-state index >= 15 is 0 Å². The van der Waals surface area contributed by atoms with Crippen molar-refractivity contribution in [1.82, 2.24) is 10.3 Å². The number of carbonyl (C=O) groups excluding carboxylic acids is 1. The molecule has 1 amide bonds. The lowest BCUT2D eigenvalue weighted by Crippen LogP contribution is -2.22. The molecule has 1 N–H and O–H groups in total. The summed E-state index contributed by atoms with van der Waals surface area (Å²) in [4.78, 5) is 16.4. The number of aromatic nitrogens is 1. The maximum Gasteiger partial charge on any atom is 0.227 e. The standard InChI is InChI=1S/C22H26N2O2/c1-4-5-6-7-21(25)23-14-17-8-10-18(11-9-17)22-24-19-12-15(2)16(3)13-20(19)26-22/h8-13H,4-7,14H2,1-3H3,(H,23,25). The Morgan fingerprint density at radius 1 is 1.08 bits per heavy atom. The third-order valence-electron chi connectivity index (χ3n) is 4.70. The molecule has 0 unspecified atom stereocenters. The number of carbonyl (C=O) groups is 1. The van der Waals surface area contributed by atoms with Gasteiger partial charge in [-0.05, 0) is 61.2 Å². The first-order chi connectivity index (χ1) is 12.6. The summed E-state index contributed by atoms with van der Waals surface area (Å²) in [5.41, 5.74) is 6.11. The molecule has 2 aromatic carbocycles. The van der Waals surface area contributed by atoms with Crippen molar-refractivity contribution in [2.45, 2.75) is 53.0 Å². The Bertz CT molecular complexity index is 855. The molecule has 0 spiro atoms. The van der Waals surface area contributed by atoms with Crippen LogP contribution in [0.2, 0.25) is 0 Å². The summed E-state index contributed by atoms with van der Waals surface area (Å²) in [6.07, 6.45) is 3.79. The Morgan fingerprint density at radius 2 is 1.81 bits per heavy atom. The molecular weight excluding hydrogens is 324 g/mol. The normalized spacial score (nSPS) is 11.0. The lowest BCUT2D eigenvalue weighted by molar-refractivity contribution is -0.121. The van der Waals surface area contributed by atoms with E-state index in [1.165, 1.54) is 11.1 Å². The van der Waals surface area contributed by atoms with Gasteiger partial charge in [0.2, 0.25) is 11.8 Å². The number of nitrogens with zero attached hydrogens (tertiary/aromatic N) is 1. The molecule has 0 atom stereocenters. The second-order valence-corrected chi connectivity index (χ2v) is 6.85. The first-order valence-electron chi connectivity index (χ1n) is 9.30. The van der Waals surface area contributed by atoms with Gasteiger partial charge < -0.3 is 9.73 Å². The molecule has 4 nitrogen and oxygen atoms in total. The van der Waals surface area contributed by atoms with Crippen LogP contribution in [-0.4, -0.2) is 10.9 Å². The van der Waals surface area contributed by atoms with Crippen molar-refractivity contribution in [2.24, 2.45) is 0 Å². The number of hydrogen-bond acceptors (Lipinski definition) is 3. The Balaban J connectivity index is 1.65. The van der Waals surface area contributed by atoms with Crippen LogP contribution in [0.25, 0.3) is 22.6 Å². The van der Waals surface area contributed by atoms with Gasteiger partial charge in [-0.3, -0.25) is 4.79 Å². The van der Waals surface area contributed by atoms with Crippen LogP contribution in [0.5, 0.6) is 0 Å². The molecule has 3 rings (SSSR count). The lowest BCUT2D eigenvalue weighted by Gasteiger charge is -2.05. The van der Waals surface area contributed by atoms with Crippen LogP contribution >= 0.6 is 0 Å².